The number of carbonyl (C=O) groups excluding carboxylic acids is 3. The molecule has 0 radical (unpaired) electrons. The van der Waals surface area contributed by atoms with Crippen LogP contribution in [0.25, 0.3) is 0 Å². The van der Waals surface area contributed by atoms with Crippen LogP contribution in [0.3, 0.4) is 0 Å². The van der Waals surface area contributed by atoms with E-state index in [0.717, 1.165) is 96.3 Å². The average Bonchev–Trinajstić information content (AvgIpc) is 3.47. The molecule has 6 nitrogen and oxygen atoms in total. The lowest BCUT2D eigenvalue weighted by molar-refractivity contribution is -0.166. The first-order valence-electron chi connectivity index (χ1n) is 34.9. The molecule has 0 aliphatic heterocycles. The van der Waals surface area contributed by atoms with E-state index >= 15 is 0 Å². The molecule has 82 heavy (non-hydrogen) atoms. The molecule has 0 saturated carbocycles. The maximum Gasteiger partial charge on any atom is 0.309 e. The summed E-state index contributed by atoms with van der Waals surface area (Å²) >= 11 is 0. The Morgan fingerprint density at radius 3 is 0.854 bits per heavy atom. The standard InChI is InChI=1S/C76H130O6/c1-4-7-10-13-16-19-22-25-28-30-32-34-35-36-37-38-39-40-41-42-44-45-48-51-54-57-60-63-66-69-75(78)81-72-73(71-80-74(77)68-65-62-59-56-53-50-47-27-24-21-18-15-12-9-6-3)82-76(79)70-67-64-61-58-55-52-49-46-43-33-31-29-26-23-20-17-14-11-8-5-2/h7,9-10,12,16,18-19,21,25,27-28,32,34,47,53,56,62,65,73H,4-6,8,11,13-15,17,20,22-24,26,29-31,33,35-46,48-52,54-55,57-61,63-64,66-72H2,1-3H3/b10-7-,12-9-,19-16-,21-18-,28-25-,34-32-,47-27-,56-53-,65-62-. The molecule has 6 heteroatoms. The Labute approximate surface area is 508 Å². The van der Waals surface area contributed by atoms with Crippen LogP contribution in [-0.2, 0) is 28.6 Å². The van der Waals surface area contributed by atoms with Crippen molar-refractivity contribution in [1.29, 1.82) is 0 Å². The van der Waals surface area contributed by atoms with Crippen LogP contribution in [0.4, 0.5) is 0 Å². The Hall–Kier alpha value is -3.93. The van der Waals surface area contributed by atoms with Gasteiger partial charge in [0.05, 0.1) is 6.42 Å². The summed E-state index contributed by atoms with van der Waals surface area (Å²) in [6.07, 6.45) is 95.8. The van der Waals surface area contributed by atoms with Crippen molar-refractivity contribution < 1.29 is 28.6 Å². The van der Waals surface area contributed by atoms with Crippen molar-refractivity contribution >= 4 is 17.9 Å². The summed E-state index contributed by atoms with van der Waals surface area (Å²) in [6.45, 7) is 6.37. The van der Waals surface area contributed by atoms with Crippen molar-refractivity contribution in [3.8, 4) is 0 Å². The van der Waals surface area contributed by atoms with Crippen LogP contribution in [-0.4, -0.2) is 37.2 Å². The number of ether oxygens (including phenoxy) is 3. The van der Waals surface area contributed by atoms with Crippen LogP contribution in [0, 0.1) is 0 Å². The van der Waals surface area contributed by atoms with E-state index in [9.17, 15) is 14.4 Å². The molecule has 1 atom stereocenters. The largest absolute Gasteiger partial charge is 0.462 e. The van der Waals surface area contributed by atoms with Crippen molar-refractivity contribution in [2.24, 2.45) is 0 Å². The van der Waals surface area contributed by atoms with Crippen molar-refractivity contribution in [3.05, 3.63) is 109 Å². The van der Waals surface area contributed by atoms with Crippen molar-refractivity contribution in [3.63, 3.8) is 0 Å². The number of hydrogen-bond donors (Lipinski definition) is 0. The Morgan fingerprint density at radius 2 is 0.524 bits per heavy atom. The Balaban J connectivity index is 4.31. The van der Waals surface area contributed by atoms with Crippen molar-refractivity contribution in [2.75, 3.05) is 13.2 Å². The fourth-order valence-corrected chi connectivity index (χ4v) is 9.92. The summed E-state index contributed by atoms with van der Waals surface area (Å²) in [6, 6.07) is 0. The Kier molecular flexibility index (Phi) is 66.2. The molecule has 0 aromatic rings. The first kappa shape index (κ1) is 78.1. The molecule has 0 spiro atoms. The van der Waals surface area contributed by atoms with E-state index in [4.69, 9.17) is 14.2 Å². The normalized spacial score (nSPS) is 12.8. The summed E-state index contributed by atoms with van der Waals surface area (Å²) in [5, 5.41) is 0. The van der Waals surface area contributed by atoms with Crippen LogP contribution in [0.15, 0.2) is 109 Å². The van der Waals surface area contributed by atoms with Crippen LogP contribution >= 0.6 is 0 Å². The molecule has 0 aromatic carbocycles. The van der Waals surface area contributed by atoms with Gasteiger partial charge in [0.1, 0.15) is 13.2 Å². The average molecular weight is 1140 g/mol. The lowest BCUT2D eigenvalue weighted by Crippen LogP contribution is -2.30. The van der Waals surface area contributed by atoms with Gasteiger partial charge < -0.3 is 14.2 Å². The molecule has 0 bridgehead atoms. The molecular formula is C76H130O6. The molecular weight excluding hydrogens is 1010 g/mol. The van der Waals surface area contributed by atoms with Crippen LogP contribution in [0.2, 0.25) is 0 Å². The lowest BCUT2D eigenvalue weighted by atomic mass is 10.0. The second kappa shape index (κ2) is 69.6. The Bertz CT molecular complexity index is 1640. The molecule has 1 unspecified atom stereocenters. The number of rotatable bonds is 63. The predicted octanol–water partition coefficient (Wildman–Crippen LogP) is 24.2. The van der Waals surface area contributed by atoms with Gasteiger partial charge in [-0.15, -0.1) is 0 Å². The second-order valence-corrected chi connectivity index (χ2v) is 23.1. The van der Waals surface area contributed by atoms with Gasteiger partial charge in [-0.25, -0.2) is 0 Å². The topological polar surface area (TPSA) is 78.9 Å². The number of unbranched alkanes of at least 4 members (excludes halogenated alkanes) is 35. The second-order valence-electron chi connectivity index (χ2n) is 23.1. The van der Waals surface area contributed by atoms with E-state index in [1.165, 1.54) is 199 Å². The van der Waals surface area contributed by atoms with Gasteiger partial charge in [0.25, 0.3) is 0 Å². The lowest BCUT2D eigenvalue weighted by Gasteiger charge is -2.18. The summed E-state index contributed by atoms with van der Waals surface area (Å²) in [7, 11) is 0. The fourth-order valence-electron chi connectivity index (χ4n) is 9.92. The van der Waals surface area contributed by atoms with E-state index in [-0.39, 0.29) is 31.6 Å². The quantitative estimate of drug-likeness (QED) is 0.0261. The third kappa shape index (κ3) is 66.9. The predicted molar refractivity (Wildman–Crippen MR) is 357 cm³/mol. The molecule has 0 aliphatic carbocycles. The van der Waals surface area contributed by atoms with E-state index in [1.54, 1.807) is 0 Å². The Morgan fingerprint density at radius 1 is 0.268 bits per heavy atom. The number of allylic oxidation sites excluding steroid dienone is 17. The minimum absolute atomic E-state index is 0.105. The van der Waals surface area contributed by atoms with Crippen molar-refractivity contribution in [1.82, 2.24) is 0 Å². The summed E-state index contributed by atoms with van der Waals surface area (Å²) < 4.78 is 16.9. The van der Waals surface area contributed by atoms with Gasteiger partial charge in [-0.1, -0.05) is 342 Å². The van der Waals surface area contributed by atoms with E-state index in [1.807, 2.05) is 12.2 Å². The van der Waals surface area contributed by atoms with Gasteiger partial charge in [-0.2, -0.15) is 0 Å². The smallest absolute Gasteiger partial charge is 0.309 e. The summed E-state index contributed by atoms with van der Waals surface area (Å²) in [5.41, 5.74) is 0. The highest BCUT2D eigenvalue weighted by Crippen LogP contribution is 2.18. The molecule has 0 aliphatic rings. The molecule has 0 saturated heterocycles. The minimum atomic E-state index is -0.818. The molecule has 0 N–H and O–H groups in total. The maximum absolute atomic E-state index is 12.9. The SMILES string of the molecule is CC/C=C\C/C=C\C/C=C\C/C=C\C/C=C\CC(=O)OCC(COC(=O)CCCCCCCCCCCCCCCCCC/C=C\C/C=C\C/C=C\C/C=C\CC)OC(=O)CCCCCCCCCCCCCCCCCCCCCC. The zero-order chi connectivity index (χ0) is 59.2. The number of carbonyl (C=O) groups is 3. The number of hydrogen-bond acceptors (Lipinski definition) is 6. The highest BCUT2D eigenvalue weighted by Gasteiger charge is 2.19. The van der Waals surface area contributed by atoms with Gasteiger partial charge in [-0.3, -0.25) is 14.4 Å². The molecule has 0 amide bonds. The molecule has 0 aromatic heterocycles. The minimum Gasteiger partial charge on any atom is -0.462 e. The third-order valence-electron chi connectivity index (χ3n) is 15.1. The van der Waals surface area contributed by atoms with Crippen LogP contribution in [0.5, 0.6) is 0 Å². The van der Waals surface area contributed by atoms with Gasteiger partial charge in [0.2, 0.25) is 0 Å². The van der Waals surface area contributed by atoms with E-state index in [0.29, 0.717) is 12.8 Å². The first-order chi connectivity index (χ1) is 40.5. The molecule has 470 valence electrons. The highest BCUT2D eigenvalue weighted by atomic mass is 16.6. The molecule has 0 fully saturated rings. The number of esters is 3. The molecule has 0 rings (SSSR count). The van der Waals surface area contributed by atoms with Crippen molar-refractivity contribution in [2.45, 2.75) is 341 Å². The zero-order valence-electron chi connectivity index (χ0n) is 54.0. The van der Waals surface area contributed by atoms with E-state index in [2.05, 4.69) is 118 Å². The third-order valence-corrected chi connectivity index (χ3v) is 15.1. The molecule has 0 heterocycles. The van der Waals surface area contributed by atoms with Crippen LogP contribution in [0.1, 0.15) is 335 Å². The van der Waals surface area contributed by atoms with Gasteiger partial charge in [0.15, 0.2) is 6.10 Å². The maximum atomic E-state index is 12.9. The van der Waals surface area contributed by atoms with Gasteiger partial charge in [0, 0.05) is 12.8 Å². The first-order valence-corrected chi connectivity index (χ1v) is 34.9. The van der Waals surface area contributed by atoms with Gasteiger partial charge >= 0.3 is 17.9 Å². The van der Waals surface area contributed by atoms with Gasteiger partial charge in [-0.05, 0) is 83.5 Å². The summed E-state index contributed by atoms with van der Waals surface area (Å²) in [4.78, 5) is 38.4. The van der Waals surface area contributed by atoms with Crippen LogP contribution < -0.4 is 0 Å². The van der Waals surface area contributed by atoms with E-state index < -0.39 is 12.1 Å². The fraction of sp³-hybridized carbons (Fsp3) is 0.724. The zero-order valence-corrected chi connectivity index (χ0v) is 54.0. The summed E-state index contributed by atoms with van der Waals surface area (Å²) in [5.74, 6) is -1.02. The monoisotopic (exact) mass is 1140 g/mol. The highest BCUT2D eigenvalue weighted by molar-refractivity contribution is 5.72.